The molecule has 0 aliphatic carbocycles. The van der Waals surface area contributed by atoms with Crippen LogP contribution in [0.5, 0.6) is 0 Å². The van der Waals surface area contributed by atoms with Crippen molar-refractivity contribution in [3.63, 3.8) is 0 Å². The average molecular weight is 592 g/mol. The van der Waals surface area contributed by atoms with Crippen molar-refractivity contribution in [3.05, 3.63) is 70.9 Å². The van der Waals surface area contributed by atoms with E-state index in [9.17, 15) is 39.6 Å². The lowest BCUT2D eigenvalue weighted by molar-refractivity contribution is -0.143. The number of amidine groups is 1. The van der Waals surface area contributed by atoms with Crippen LogP contribution in [0.15, 0.2) is 58.6 Å². The molecule has 2 heterocycles. The van der Waals surface area contributed by atoms with E-state index in [0.29, 0.717) is 12.1 Å². The molecule has 2 aliphatic rings. The summed E-state index contributed by atoms with van der Waals surface area (Å²) in [5.41, 5.74) is 2.25. The molecule has 16 heteroatoms. The molecule has 0 unspecified atom stereocenters. The topological polar surface area (TPSA) is 109 Å². The van der Waals surface area contributed by atoms with E-state index in [0.717, 1.165) is 0 Å². The fourth-order valence-electron chi connectivity index (χ4n) is 4.12. The maximum atomic E-state index is 13.3. The molecule has 0 bridgehead atoms. The summed E-state index contributed by atoms with van der Waals surface area (Å²) in [6, 6.07) is 6.46. The summed E-state index contributed by atoms with van der Waals surface area (Å²) in [6.45, 7) is 0.658. The third-order valence-corrected chi connectivity index (χ3v) is 8.13. The second-order valence-corrected chi connectivity index (χ2v) is 10.8. The van der Waals surface area contributed by atoms with Gasteiger partial charge in [0.1, 0.15) is 6.67 Å². The Balaban J connectivity index is 1.61. The van der Waals surface area contributed by atoms with Crippen molar-refractivity contribution in [1.29, 1.82) is 0 Å². The van der Waals surface area contributed by atoms with Crippen LogP contribution in [0.1, 0.15) is 22.3 Å². The number of carbonyl (C=O) groups is 1. The van der Waals surface area contributed by atoms with Gasteiger partial charge in [0.2, 0.25) is 10.0 Å². The first-order valence-electron chi connectivity index (χ1n) is 11.6. The van der Waals surface area contributed by atoms with Crippen LogP contribution in [-0.4, -0.2) is 74.5 Å². The number of hydrogen-bond donors (Lipinski definition) is 1. The second-order valence-electron chi connectivity index (χ2n) is 8.83. The Labute approximate surface area is 225 Å². The Morgan fingerprint density at radius 2 is 1.52 bits per heavy atom. The van der Waals surface area contributed by atoms with Crippen LogP contribution in [0.4, 0.5) is 26.3 Å². The molecule has 40 heavy (non-hydrogen) atoms. The van der Waals surface area contributed by atoms with Gasteiger partial charge in [0.05, 0.1) is 34.8 Å². The van der Waals surface area contributed by atoms with E-state index in [1.54, 1.807) is 0 Å². The molecule has 2 aromatic rings. The zero-order valence-electron chi connectivity index (χ0n) is 20.8. The zero-order chi connectivity index (χ0) is 29.5. The number of hydrogen-bond acceptors (Lipinski definition) is 7. The number of nitrogens with zero attached hydrogens (tertiary/aromatic N) is 4. The van der Waals surface area contributed by atoms with Crippen LogP contribution in [0.2, 0.25) is 0 Å². The normalized spacial score (nSPS) is 17.8. The van der Waals surface area contributed by atoms with E-state index >= 15 is 0 Å². The van der Waals surface area contributed by atoms with Crippen molar-refractivity contribution in [3.8, 4) is 0 Å². The molecular weight excluding hydrogens is 568 g/mol. The minimum atomic E-state index is -5.03. The van der Waals surface area contributed by atoms with Crippen LogP contribution in [0.3, 0.4) is 0 Å². The number of rotatable bonds is 6. The minimum Gasteiger partial charge on any atom is -0.379 e. The van der Waals surface area contributed by atoms with Crippen LogP contribution in [0, 0.1) is 0 Å². The lowest BCUT2D eigenvalue weighted by Gasteiger charge is -2.27. The van der Waals surface area contributed by atoms with Gasteiger partial charge >= 0.3 is 12.4 Å². The molecule has 9 nitrogen and oxygen atoms in total. The van der Waals surface area contributed by atoms with E-state index in [-0.39, 0.29) is 60.9 Å². The highest BCUT2D eigenvalue weighted by Crippen LogP contribution is 2.37. The highest BCUT2D eigenvalue weighted by atomic mass is 32.2. The van der Waals surface area contributed by atoms with Crippen molar-refractivity contribution in [2.45, 2.75) is 17.2 Å². The van der Waals surface area contributed by atoms with Crippen LogP contribution in [0.25, 0.3) is 5.57 Å². The summed E-state index contributed by atoms with van der Waals surface area (Å²) in [7, 11) is -2.46. The van der Waals surface area contributed by atoms with Crippen LogP contribution in [-0.2, 0) is 31.9 Å². The fourth-order valence-corrected chi connectivity index (χ4v) is 5.53. The van der Waals surface area contributed by atoms with Gasteiger partial charge < -0.3 is 10.5 Å². The molecule has 2 N–H and O–H groups in total. The van der Waals surface area contributed by atoms with Crippen molar-refractivity contribution >= 4 is 27.3 Å². The summed E-state index contributed by atoms with van der Waals surface area (Å²) in [5.74, 6) is -1.12. The monoisotopic (exact) mass is 591 g/mol. The number of morpholine rings is 1. The van der Waals surface area contributed by atoms with E-state index in [1.807, 2.05) is 0 Å². The van der Waals surface area contributed by atoms with E-state index in [1.165, 1.54) is 51.8 Å². The quantitative estimate of drug-likeness (QED) is 0.409. The number of primary amides is 1. The third kappa shape index (κ3) is 6.08. The summed E-state index contributed by atoms with van der Waals surface area (Å²) >= 11 is 0. The van der Waals surface area contributed by atoms with Gasteiger partial charge in [-0.25, -0.2) is 13.4 Å². The Hall–Kier alpha value is -3.63. The molecule has 0 spiro atoms. The Kier molecular flexibility index (Phi) is 7.88. The van der Waals surface area contributed by atoms with E-state index < -0.39 is 45.0 Å². The summed E-state index contributed by atoms with van der Waals surface area (Å²) in [4.78, 5) is 16.3. The number of alkyl halides is 6. The summed E-state index contributed by atoms with van der Waals surface area (Å²) < 4.78 is 112. The molecule has 1 fully saturated rings. The zero-order valence-corrected chi connectivity index (χ0v) is 21.6. The molecule has 0 aromatic heterocycles. The number of carbonyl (C=O) groups excluding carboxylic acids is 1. The van der Waals surface area contributed by atoms with Crippen molar-refractivity contribution < 1.29 is 44.3 Å². The Bertz CT molecular complexity index is 1420. The van der Waals surface area contributed by atoms with Gasteiger partial charge in [0, 0.05) is 31.9 Å². The molecule has 2 aromatic carbocycles. The average Bonchev–Trinajstić information content (AvgIpc) is 3.26. The number of sulfonamides is 1. The van der Waals surface area contributed by atoms with Gasteiger partial charge in [0.15, 0.2) is 5.84 Å². The number of amides is 1. The molecule has 4 rings (SSSR count). The number of ether oxygens (including phenoxy) is 1. The maximum Gasteiger partial charge on any atom is 0.416 e. The first kappa shape index (κ1) is 29.4. The van der Waals surface area contributed by atoms with Gasteiger partial charge in [-0.15, -0.1) is 0 Å². The number of benzene rings is 2. The van der Waals surface area contributed by atoms with Crippen molar-refractivity contribution in [2.75, 3.05) is 40.0 Å². The van der Waals surface area contributed by atoms with Gasteiger partial charge in [-0.3, -0.25) is 14.8 Å². The molecule has 216 valence electrons. The van der Waals surface area contributed by atoms with Gasteiger partial charge in [-0.2, -0.15) is 30.6 Å². The Morgan fingerprint density at radius 1 is 0.975 bits per heavy atom. The van der Waals surface area contributed by atoms with Crippen LogP contribution >= 0.6 is 0 Å². The summed E-state index contributed by atoms with van der Waals surface area (Å²) in [5, 5.41) is 2.44. The Morgan fingerprint density at radius 3 is 2.02 bits per heavy atom. The smallest absolute Gasteiger partial charge is 0.379 e. The molecular formula is C24H23F6N5O4S. The number of hydrazine groups is 1. The van der Waals surface area contributed by atoms with Crippen molar-refractivity contribution in [2.24, 2.45) is 10.7 Å². The number of aliphatic imine (C=N–C) groups is 1. The molecule has 2 aliphatic heterocycles. The predicted octanol–water partition coefficient (Wildman–Crippen LogP) is 3.14. The van der Waals surface area contributed by atoms with Crippen molar-refractivity contribution in [1.82, 2.24) is 14.3 Å². The van der Waals surface area contributed by atoms with Gasteiger partial charge in [0.25, 0.3) is 5.91 Å². The number of nitrogens with two attached hydrogens (primary N) is 1. The highest BCUT2D eigenvalue weighted by Gasteiger charge is 2.38. The largest absolute Gasteiger partial charge is 0.416 e. The first-order valence-corrected chi connectivity index (χ1v) is 13.1. The van der Waals surface area contributed by atoms with E-state index in [2.05, 4.69) is 4.99 Å². The SMILES string of the molecule is CN1C(c2cc(C(F)(F)F)cc(C(F)(F)F)c2)=NCN1/C=C(/C(N)=O)c1ccc(S(=O)(=O)N2CCOCC2)cc1. The first-order chi connectivity index (χ1) is 18.6. The van der Waals surface area contributed by atoms with Gasteiger partial charge in [-0.1, -0.05) is 12.1 Å². The molecule has 0 radical (unpaired) electrons. The second kappa shape index (κ2) is 10.7. The van der Waals surface area contributed by atoms with Gasteiger partial charge in [-0.05, 0) is 35.9 Å². The molecule has 0 saturated carbocycles. The number of halogens is 6. The molecule has 0 atom stereocenters. The maximum absolute atomic E-state index is 13.3. The lowest BCUT2D eigenvalue weighted by atomic mass is 10.0. The standard InChI is InChI=1S/C24H23F6N5O4S/c1-33-22(16-10-17(23(25,26)27)12-18(11-16)24(28,29)30)32-14-34(33)13-20(21(31)36)15-2-4-19(5-3-15)40(37,38)35-6-8-39-9-7-35/h2-5,10-13H,6-9,14H2,1H3,(H2,31,36)/b20-13+. The fraction of sp³-hybridized carbons (Fsp3) is 0.333. The van der Waals surface area contributed by atoms with Crippen LogP contribution < -0.4 is 5.73 Å². The highest BCUT2D eigenvalue weighted by molar-refractivity contribution is 7.89. The van der Waals surface area contributed by atoms with E-state index in [4.69, 9.17) is 10.5 Å². The predicted molar refractivity (Wildman–Crippen MR) is 131 cm³/mol. The summed E-state index contributed by atoms with van der Waals surface area (Å²) in [6.07, 6.45) is -8.84. The minimum absolute atomic E-state index is 0.0177. The third-order valence-electron chi connectivity index (χ3n) is 6.22. The molecule has 1 amide bonds. The molecule has 1 saturated heterocycles. The lowest BCUT2D eigenvalue weighted by Crippen LogP contribution is -2.40.